The highest BCUT2D eigenvalue weighted by molar-refractivity contribution is 9.09. The summed E-state index contributed by atoms with van der Waals surface area (Å²) < 4.78 is 39.1. The van der Waals surface area contributed by atoms with Crippen LogP contribution in [-0.4, -0.2) is 33.9 Å². The Bertz CT molecular complexity index is 388. The largest absolute Gasteiger partial charge is 0.497 e. The van der Waals surface area contributed by atoms with Crippen LogP contribution in [0.1, 0.15) is 16.8 Å². The lowest BCUT2D eigenvalue weighted by atomic mass is 10.1. The molecule has 0 aliphatic carbocycles. The quantitative estimate of drug-likeness (QED) is 0.532. The van der Waals surface area contributed by atoms with E-state index in [0.717, 1.165) is 11.3 Å². The lowest BCUT2D eigenvalue weighted by molar-refractivity contribution is 0.0167. The predicted octanol–water partition coefficient (Wildman–Crippen LogP) is 3.81. The molecule has 0 heterocycles. The first-order valence-electron chi connectivity index (χ1n) is 5.80. The van der Waals surface area contributed by atoms with Gasteiger partial charge in [0.25, 0.3) is 6.43 Å². The molecule has 1 unspecified atom stereocenters. The Kier molecular flexibility index (Phi) is 7.09. The molecular weight excluding hydrogens is 322 g/mol. The number of halogens is 3. The van der Waals surface area contributed by atoms with Crippen LogP contribution in [0.25, 0.3) is 0 Å². The minimum atomic E-state index is -2.43. The van der Waals surface area contributed by atoms with Gasteiger partial charge in [0.05, 0.1) is 14.2 Å². The summed E-state index contributed by atoms with van der Waals surface area (Å²) in [7, 11) is 3.17. The SMILES string of the molecule is COc1ccc(OC)c(C(Br)CCOCC(F)F)c1. The van der Waals surface area contributed by atoms with Crippen molar-refractivity contribution in [3.05, 3.63) is 23.8 Å². The van der Waals surface area contributed by atoms with Crippen LogP contribution < -0.4 is 9.47 Å². The van der Waals surface area contributed by atoms with Gasteiger partial charge in [0.2, 0.25) is 0 Å². The molecule has 1 atom stereocenters. The van der Waals surface area contributed by atoms with Crippen LogP contribution >= 0.6 is 15.9 Å². The molecule has 0 saturated carbocycles. The molecule has 108 valence electrons. The summed E-state index contributed by atoms with van der Waals surface area (Å²) in [5.74, 6) is 1.44. The van der Waals surface area contributed by atoms with Crippen molar-refractivity contribution in [1.82, 2.24) is 0 Å². The number of benzene rings is 1. The van der Waals surface area contributed by atoms with E-state index < -0.39 is 13.0 Å². The Morgan fingerprint density at radius 3 is 2.53 bits per heavy atom. The van der Waals surface area contributed by atoms with Gasteiger partial charge in [0.15, 0.2) is 0 Å². The maximum absolute atomic E-state index is 11.9. The number of ether oxygens (including phenoxy) is 3. The van der Waals surface area contributed by atoms with E-state index in [-0.39, 0.29) is 11.4 Å². The van der Waals surface area contributed by atoms with Gasteiger partial charge in [0, 0.05) is 17.0 Å². The van der Waals surface area contributed by atoms with Crippen molar-refractivity contribution in [2.45, 2.75) is 17.7 Å². The summed E-state index contributed by atoms with van der Waals surface area (Å²) in [5.41, 5.74) is 0.905. The van der Waals surface area contributed by atoms with Crippen LogP contribution in [0.2, 0.25) is 0 Å². The molecule has 0 spiro atoms. The zero-order chi connectivity index (χ0) is 14.3. The highest BCUT2D eigenvalue weighted by Gasteiger charge is 2.14. The van der Waals surface area contributed by atoms with E-state index in [1.54, 1.807) is 20.3 Å². The molecule has 0 N–H and O–H groups in total. The Labute approximate surface area is 120 Å². The summed E-state index contributed by atoms with van der Waals surface area (Å²) >= 11 is 3.51. The molecule has 3 nitrogen and oxygen atoms in total. The maximum atomic E-state index is 11.9. The first-order chi connectivity index (χ1) is 9.08. The van der Waals surface area contributed by atoms with E-state index in [4.69, 9.17) is 14.2 Å². The van der Waals surface area contributed by atoms with Crippen LogP contribution in [0.4, 0.5) is 8.78 Å². The average Bonchev–Trinajstić information content (AvgIpc) is 2.42. The smallest absolute Gasteiger partial charge is 0.261 e. The van der Waals surface area contributed by atoms with Gasteiger partial charge in [-0.3, -0.25) is 0 Å². The van der Waals surface area contributed by atoms with Gasteiger partial charge >= 0.3 is 0 Å². The molecule has 19 heavy (non-hydrogen) atoms. The van der Waals surface area contributed by atoms with Gasteiger partial charge in [-0.05, 0) is 24.6 Å². The highest BCUT2D eigenvalue weighted by Crippen LogP contribution is 2.36. The molecule has 0 aromatic heterocycles. The van der Waals surface area contributed by atoms with Gasteiger partial charge in [-0.15, -0.1) is 0 Å². The monoisotopic (exact) mass is 338 g/mol. The van der Waals surface area contributed by atoms with Crippen molar-refractivity contribution in [1.29, 1.82) is 0 Å². The van der Waals surface area contributed by atoms with Gasteiger partial charge in [-0.25, -0.2) is 8.78 Å². The van der Waals surface area contributed by atoms with Gasteiger partial charge in [-0.2, -0.15) is 0 Å². The lowest BCUT2D eigenvalue weighted by Crippen LogP contribution is -2.07. The third-order valence-corrected chi connectivity index (χ3v) is 3.48. The normalized spacial score (nSPS) is 12.5. The van der Waals surface area contributed by atoms with Crippen LogP contribution in [0.5, 0.6) is 11.5 Å². The molecule has 0 aliphatic heterocycles. The van der Waals surface area contributed by atoms with E-state index in [1.807, 2.05) is 12.1 Å². The van der Waals surface area contributed by atoms with Gasteiger partial charge in [0.1, 0.15) is 18.1 Å². The van der Waals surface area contributed by atoms with Crippen LogP contribution in [0, 0.1) is 0 Å². The first kappa shape index (κ1) is 16.2. The average molecular weight is 339 g/mol. The summed E-state index contributed by atoms with van der Waals surface area (Å²) in [6, 6.07) is 5.46. The number of hydrogen-bond donors (Lipinski definition) is 0. The summed E-state index contributed by atoms with van der Waals surface area (Å²) in [6.07, 6.45) is -1.86. The zero-order valence-electron chi connectivity index (χ0n) is 10.9. The van der Waals surface area contributed by atoms with Crippen molar-refractivity contribution < 1.29 is 23.0 Å². The maximum Gasteiger partial charge on any atom is 0.261 e. The molecule has 0 radical (unpaired) electrons. The second-order valence-corrected chi connectivity index (χ2v) is 4.94. The van der Waals surface area contributed by atoms with E-state index >= 15 is 0 Å². The number of hydrogen-bond acceptors (Lipinski definition) is 3. The molecule has 1 rings (SSSR count). The number of methoxy groups -OCH3 is 2. The minimum absolute atomic E-state index is 0.0461. The van der Waals surface area contributed by atoms with Crippen molar-refractivity contribution >= 4 is 15.9 Å². The third-order valence-electron chi connectivity index (χ3n) is 2.53. The molecule has 1 aromatic rings. The molecule has 0 bridgehead atoms. The number of rotatable bonds is 8. The van der Waals surface area contributed by atoms with Crippen molar-refractivity contribution in [3.63, 3.8) is 0 Å². The molecule has 1 aromatic carbocycles. The Morgan fingerprint density at radius 2 is 1.95 bits per heavy atom. The second kappa shape index (κ2) is 8.32. The van der Waals surface area contributed by atoms with Crippen molar-refractivity contribution in [3.8, 4) is 11.5 Å². The highest BCUT2D eigenvalue weighted by atomic mass is 79.9. The fourth-order valence-corrected chi connectivity index (χ4v) is 2.14. The van der Waals surface area contributed by atoms with E-state index in [9.17, 15) is 8.78 Å². The summed E-state index contributed by atoms with van der Waals surface area (Å²) in [4.78, 5) is -0.0461. The molecular formula is C13H17BrF2O3. The van der Waals surface area contributed by atoms with Gasteiger partial charge in [-0.1, -0.05) is 15.9 Å². The lowest BCUT2D eigenvalue weighted by Gasteiger charge is -2.15. The standard InChI is InChI=1S/C13H17BrF2O3/c1-17-9-3-4-12(18-2)10(7-9)11(14)5-6-19-8-13(15)16/h3-4,7,11,13H,5-6,8H2,1-2H3. The van der Waals surface area contributed by atoms with Gasteiger partial charge < -0.3 is 14.2 Å². The topological polar surface area (TPSA) is 27.7 Å². The Morgan fingerprint density at radius 1 is 1.21 bits per heavy atom. The van der Waals surface area contributed by atoms with E-state index in [1.165, 1.54) is 0 Å². The Hall–Kier alpha value is -0.880. The zero-order valence-corrected chi connectivity index (χ0v) is 12.5. The molecule has 0 aliphatic rings. The number of alkyl halides is 3. The Balaban J connectivity index is 2.61. The van der Waals surface area contributed by atoms with Crippen molar-refractivity contribution in [2.24, 2.45) is 0 Å². The summed E-state index contributed by atoms with van der Waals surface area (Å²) in [6.45, 7) is -0.282. The fourth-order valence-electron chi connectivity index (χ4n) is 1.60. The predicted molar refractivity (Wildman–Crippen MR) is 72.7 cm³/mol. The van der Waals surface area contributed by atoms with E-state index in [0.29, 0.717) is 12.2 Å². The summed E-state index contributed by atoms with van der Waals surface area (Å²) in [5, 5.41) is 0. The third kappa shape index (κ3) is 5.32. The molecule has 0 fully saturated rings. The van der Waals surface area contributed by atoms with E-state index in [2.05, 4.69) is 15.9 Å². The first-order valence-corrected chi connectivity index (χ1v) is 6.72. The molecule has 6 heteroatoms. The fraction of sp³-hybridized carbons (Fsp3) is 0.538. The van der Waals surface area contributed by atoms with Crippen molar-refractivity contribution in [2.75, 3.05) is 27.4 Å². The van der Waals surface area contributed by atoms with Crippen LogP contribution in [0.3, 0.4) is 0 Å². The second-order valence-electron chi connectivity index (χ2n) is 3.83. The van der Waals surface area contributed by atoms with Crippen LogP contribution in [0.15, 0.2) is 18.2 Å². The molecule has 0 amide bonds. The minimum Gasteiger partial charge on any atom is -0.497 e. The van der Waals surface area contributed by atoms with Crippen LogP contribution in [-0.2, 0) is 4.74 Å². The molecule has 0 saturated heterocycles.